The minimum Gasteiger partial charge on any atom is -0.507 e. The van der Waals surface area contributed by atoms with Crippen LogP contribution in [0.4, 0.5) is 0 Å². The molecule has 0 unspecified atom stereocenters. The monoisotopic (exact) mass is 279 g/mol. The fraction of sp³-hybridized carbons (Fsp3) is 0.118. The molecular formula is C17H13NO3. The Labute approximate surface area is 121 Å². The number of methoxy groups -OCH3 is 2. The summed E-state index contributed by atoms with van der Waals surface area (Å²) in [6.45, 7) is 0. The lowest BCUT2D eigenvalue weighted by Crippen LogP contribution is -1.93. The number of benzene rings is 2. The van der Waals surface area contributed by atoms with E-state index in [2.05, 4.69) is 4.98 Å². The smallest absolute Gasteiger partial charge is 0.169 e. The molecule has 0 amide bonds. The molecule has 1 N–H and O–H groups in total. The molecule has 0 fully saturated rings. The third-order valence-electron chi connectivity index (χ3n) is 3.94. The van der Waals surface area contributed by atoms with Gasteiger partial charge in [0.25, 0.3) is 0 Å². The zero-order valence-electron chi connectivity index (χ0n) is 11.7. The lowest BCUT2D eigenvalue weighted by molar-refractivity contribution is 0.357. The number of phenolic OH excluding ortho intramolecular Hbond substituents is 1. The predicted molar refractivity (Wildman–Crippen MR) is 80.9 cm³/mol. The summed E-state index contributed by atoms with van der Waals surface area (Å²) in [5.74, 6) is 1.49. The minimum absolute atomic E-state index is 0.221. The summed E-state index contributed by atoms with van der Waals surface area (Å²) in [5, 5.41) is 12.3. The average molecular weight is 279 g/mol. The Hall–Kier alpha value is -2.75. The summed E-state index contributed by atoms with van der Waals surface area (Å²) in [7, 11) is 3.22. The van der Waals surface area contributed by atoms with Gasteiger partial charge in [0.05, 0.1) is 19.9 Å². The van der Waals surface area contributed by atoms with E-state index in [-0.39, 0.29) is 5.75 Å². The molecule has 0 saturated heterocycles. The zero-order valence-corrected chi connectivity index (χ0v) is 11.7. The first-order valence-electron chi connectivity index (χ1n) is 6.62. The Balaban J connectivity index is 2.27. The first-order valence-corrected chi connectivity index (χ1v) is 6.62. The molecule has 1 aliphatic rings. The molecule has 4 heteroatoms. The molecule has 0 atom stereocenters. The lowest BCUT2D eigenvalue weighted by Gasteiger charge is -2.13. The van der Waals surface area contributed by atoms with Crippen LogP contribution in [0.3, 0.4) is 0 Å². The van der Waals surface area contributed by atoms with Gasteiger partial charge in [0.2, 0.25) is 0 Å². The number of pyridine rings is 1. The van der Waals surface area contributed by atoms with Crippen LogP contribution in [-0.2, 0) is 0 Å². The molecule has 4 rings (SSSR count). The van der Waals surface area contributed by atoms with Gasteiger partial charge < -0.3 is 14.6 Å². The van der Waals surface area contributed by atoms with Gasteiger partial charge in [-0.1, -0.05) is 12.1 Å². The average Bonchev–Trinajstić information content (AvgIpc) is 2.85. The van der Waals surface area contributed by atoms with E-state index in [0.717, 1.165) is 33.2 Å². The van der Waals surface area contributed by atoms with E-state index >= 15 is 0 Å². The van der Waals surface area contributed by atoms with Crippen LogP contribution in [0.25, 0.3) is 33.2 Å². The second kappa shape index (κ2) is 4.12. The van der Waals surface area contributed by atoms with Crippen LogP contribution in [0.1, 0.15) is 0 Å². The summed E-state index contributed by atoms with van der Waals surface area (Å²) in [6, 6.07) is 9.33. The Morgan fingerprint density at radius 3 is 2.67 bits per heavy atom. The Morgan fingerprint density at radius 2 is 1.90 bits per heavy atom. The van der Waals surface area contributed by atoms with Gasteiger partial charge in [-0.05, 0) is 23.6 Å². The number of aromatic hydroxyl groups is 1. The molecule has 0 bridgehead atoms. The molecule has 0 spiro atoms. The van der Waals surface area contributed by atoms with Crippen molar-refractivity contribution < 1.29 is 14.6 Å². The van der Waals surface area contributed by atoms with Crippen molar-refractivity contribution in [2.75, 3.05) is 14.2 Å². The third-order valence-corrected chi connectivity index (χ3v) is 3.94. The van der Waals surface area contributed by atoms with Crippen LogP contribution in [-0.4, -0.2) is 24.3 Å². The van der Waals surface area contributed by atoms with Crippen LogP contribution < -0.4 is 9.47 Å². The van der Waals surface area contributed by atoms with E-state index in [4.69, 9.17) is 9.47 Å². The van der Waals surface area contributed by atoms with E-state index in [9.17, 15) is 5.11 Å². The van der Waals surface area contributed by atoms with E-state index in [0.29, 0.717) is 11.5 Å². The first-order chi connectivity index (χ1) is 10.3. The van der Waals surface area contributed by atoms with Crippen molar-refractivity contribution >= 4 is 10.8 Å². The van der Waals surface area contributed by atoms with Crippen LogP contribution in [0.15, 0.2) is 36.5 Å². The highest BCUT2D eigenvalue weighted by atomic mass is 16.5. The van der Waals surface area contributed by atoms with E-state index < -0.39 is 0 Å². The van der Waals surface area contributed by atoms with Gasteiger partial charge >= 0.3 is 0 Å². The Morgan fingerprint density at radius 1 is 1.05 bits per heavy atom. The van der Waals surface area contributed by atoms with Gasteiger partial charge in [0.1, 0.15) is 5.75 Å². The van der Waals surface area contributed by atoms with Gasteiger partial charge in [-0.15, -0.1) is 0 Å². The SMILES string of the molecule is COc1cc2ccnc3c2c(c1OC)-c1c(O)cccc1-3. The molecule has 0 radical (unpaired) electrons. The van der Waals surface area contributed by atoms with Crippen LogP contribution in [0.2, 0.25) is 0 Å². The van der Waals surface area contributed by atoms with Crippen molar-refractivity contribution in [3.8, 4) is 39.6 Å². The van der Waals surface area contributed by atoms with E-state index in [1.165, 1.54) is 0 Å². The molecule has 1 aliphatic carbocycles. The lowest BCUT2D eigenvalue weighted by atomic mass is 10.0. The molecule has 21 heavy (non-hydrogen) atoms. The molecule has 4 nitrogen and oxygen atoms in total. The van der Waals surface area contributed by atoms with Gasteiger partial charge in [-0.2, -0.15) is 0 Å². The van der Waals surface area contributed by atoms with Crippen molar-refractivity contribution in [1.29, 1.82) is 0 Å². The summed E-state index contributed by atoms with van der Waals surface area (Å²) in [6.07, 6.45) is 1.77. The largest absolute Gasteiger partial charge is 0.507 e. The Bertz CT molecular complexity index is 887. The second-order valence-corrected chi connectivity index (χ2v) is 4.94. The number of hydrogen-bond donors (Lipinski definition) is 1. The zero-order chi connectivity index (χ0) is 14.6. The standard InChI is InChI=1S/C17H13NO3/c1-20-12-8-9-6-7-18-16-10-4-3-5-11(19)14(10)15(13(9)16)17(12)21-2/h3-8,19H,1-2H3. The number of rotatable bonds is 2. The van der Waals surface area contributed by atoms with Crippen LogP contribution >= 0.6 is 0 Å². The van der Waals surface area contributed by atoms with Crippen LogP contribution in [0, 0.1) is 0 Å². The highest BCUT2D eigenvalue weighted by molar-refractivity contribution is 6.17. The van der Waals surface area contributed by atoms with Gasteiger partial charge in [0.15, 0.2) is 11.5 Å². The minimum atomic E-state index is 0.221. The normalized spacial score (nSPS) is 11.5. The summed E-state index contributed by atoms with van der Waals surface area (Å²) in [4.78, 5) is 4.48. The number of hydrogen-bond acceptors (Lipinski definition) is 4. The first kappa shape index (κ1) is 12.0. The molecule has 1 heterocycles. The fourth-order valence-electron chi connectivity index (χ4n) is 3.10. The number of nitrogens with zero attached hydrogens (tertiary/aromatic N) is 1. The number of fused-ring (bicyclic) bond motifs is 3. The maximum atomic E-state index is 10.3. The van der Waals surface area contributed by atoms with Crippen molar-refractivity contribution in [3.63, 3.8) is 0 Å². The van der Waals surface area contributed by atoms with Crippen molar-refractivity contribution in [2.24, 2.45) is 0 Å². The second-order valence-electron chi connectivity index (χ2n) is 4.94. The highest BCUT2D eigenvalue weighted by Gasteiger charge is 2.30. The molecule has 0 saturated carbocycles. The van der Waals surface area contributed by atoms with Crippen molar-refractivity contribution in [1.82, 2.24) is 4.98 Å². The van der Waals surface area contributed by atoms with E-state index in [1.54, 1.807) is 26.5 Å². The molecule has 104 valence electrons. The van der Waals surface area contributed by atoms with Gasteiger partial charge in [0, 0.05) is 28.3 Å². The highest BCUT2D eigenvalue weighted by Crippen LogP contribution is 2.55. The van der Waals surface area contributed by atoms with Gasteiger partial charge in [-0.3, -0.25) is 4.98 Å². The van der Waals surface area contributed by atoms with Crippen molar-refractivity contribution in [2.45, 2.75) is 0 Å². The third kappa shape index (κ3) is 1.41. The molecule has 1 aromatic heterocycles. The Kier molecular flexibility index (Phi) is 2.36. The number of phenols is 1. The molecule has 2 aromatic carbocycles. The maximum Gasteiger partial charge on any atom is 0.169 e. The van der Waals surface area contributed by atoms with Crippen molar-refractivity contribution in [3.05, 3.63) is 36.5 Å². The summed E-state index contributed by atoms with van der Waals surface area (Å²) in [5.41, 5.74) is 3.39. The summed E-state index contributed by atoms with van der Waals surface area (Å²) < 4.78 is 11.0. The molecule has 3 aromatic rings. The number of aromatic nitrogens is 1. The maximum absolute atomic E-state index is 10.3. The summed E-state index contributed by atoms with van der Waals surface area (Å²) >= 11 is 0. The fourth-order valence-corrected chi connectivity index (χ4v) is 3.10. The van der Waals surface area contributed by atoms with E-state index in [1.807, 2.05) is 24.3 Å². The topological polar surface area (TPSA) is 51.6 Å². The quantitative estimate of drug-likeness (QED) is 0.609. The molecule has 0 aliphatic heterocycles. The van der Waals surface area contributed by atoms with Crippen LogP contribution in [0.5, 0.6) is 17.2 Å². The number of ether oxygens (including phenoxy) is 2. The van der Waals surface area contributed by atoms with Gasteiger partial charge in [-0.25, -0.2) is 0 Å². The predicted octanol–water partition coefficient (Wildman–Crippen LogP) is 3.61. The molecular weight excluding hydrogens is 266 g/mol.